The Kier molecular flexibility index (Phi) is 2.38. The number of aromatic nitrogens is 2. The van der Waals surface area contributed by atoms with E-state index in [0.29, 0.717) is 12.2 Å². The number of nitrogens with zero attached hydrogens (tertiary/aromatic N) is 3. The lowest BCUT2D eigenvalue weighted by Crippen LogP contribution is -2.30. The van der Waals surface area contributed by atoms with E-state index in [1.54, 1.807) is 6.33 Å². The summed E-state index contributed by atoms with van der Waals surface area (Å²) in [7, 11) is 0. The Labute approximate surface area is 105 Å². The number of β-amino-alcohol motifs (C(OH)–C–C–N with tert-alkyl or cyclic N) is 1. The summed E-state index contributed by atoms with van der Waals surface area (Å²) in [5.41, 5.74) is 6.66. The van der Waals surface area contributed by atoms with Gasteiger partial charge >= 0.3 is 0 Å². The van der Waals surface area contributed by atoms with Crippen LogP contribution in [-0.2, 0) is 0 Å². The average molecular weight is 244 g/mol. The van der Waals surface area contributed by atoms with E-state index in [0.717, 1.165) is 29.7 Å². The van der Waals surface area contributed by atoms with Crippen molar-refractivity contribution in [3.8, 4) is 0 Å². The first-order valence-electron chi connectivity index (χ1n) is 6.03. The number of aliphatic hydroxyl groups is 1. The van der Waals surface area contributed by atoms with Gasteiger partial charge in [0.15, 0.2) is 0 Å². The first-order valence-corrected chi connectivity index (χ1v) is 6.03. The van der Waals surface area contributed by atoms with Crippen LogP contribution in [0.3, 0.4) is 0 Å². The number of benzene rings is 1. The second-order valence-electron chi connectivity index (χ2n) is 5.14. The van der Waals surface area contributed by atoms with E-state index in [1.807, 2.05) is 25.1 Å². The van der Waals surface area contributed by atoms with Crippen molar-refractivity contribution >= 4 is 22.4 Å². The first kappa shape index (κ1) is 11.2. The summed E-state index contributed by atoms with van der Waals surface area (Å²) in [5, 5.41) is 11.0. The molecule has 1 atom stereocenters. The molecule has 5 nitrogen and oxygen atoms in total. The molecular weight excluding hydrogens is 228 g/mol. The van der Waals surface area contributed by atoms with Crippen LogP contribution in [0, 0.1) is 0 Å². The van der Waals surface area contributed by atoms with Crippen molar-refractivity contribution in [2.45, 2.75) is 18.9 Å². The van der Waals surface area contributed by atoms with Gasteiger partial charge < -0.3 is 15.7 Å². The molecule has 3 N–H and O–H groups in total. The molecular formula is C13H16N4O. The normalized spacial score (nSPS) is 23.8. The Morgan fingerprint density at radius 3 is 2.94 bits per heavy atom. The van der Waals surface area contributed by atoms with Crippen molar-refractivity contribution in [2.24, 2.45) is 0 Å². The molecule has 0 aliphatic carbocycles. The largest absolute Gasteiger partial charge is 0.399 e. The van der Waals surface area contributed by atoms with Crippen LogP contribution < -0.4 is 10.6 Å². The molecule has 0 spiro atoms. The summed E-state index contributed by atoms with van der Waals surface area (Å²) in [6.07, 6.45) is 2.30. The van der Waals surface area contributed by atoms with Crippen LogP contribution in [0.15, 0.2) is 24.5 Å². The number of hydrogen-bond donors (Lipinski definition) is 2. The SMILES string of the molecule is CC1(O)CCN(c2ncnc3cc(N)ccc23)C1. The summed E-state index contributed by atoms with van der Waals surface area (Å²) in [4.78, 5) is 10.7. The molecule has 1 aliphatic rings. The van der Waals surface area contributed by atoms with Crippen LogP contribution in [0.25, 0.3) is 10.9 Å². The molecule has 1 fully saturated rings. The van der Waals surface area contributed by atoms with E-state index >= 15 is 0 Å². The maximum Gasteiger partial charge on any atom is 0.139 e. The Balaban J connectivity index is 2.07. The highest BCUT2D eigenvalue weighted by Crippen LogP contribution is 2.30. The molecule has 0 bridgehead atoms. The van der Waals surface area contributed by atoms with Crippen molar-refractivity contribution in [1.29, 1.82) is 0 Å². The predicted octanol–water partition coefficient (Wildman–Crippen LogP) is 1.17. The molecule has 94 valence electrons. The van der Waals surface area contributed by atoms with Gasteiger partial charge in [0, 0.05) is 24.2 Å². The zero-order valence-corrected chi connectivity index (χ0v) is 10.3. The molecule has 1 unspecified atom stereocenters. The highest BCUT2D eigenvalue weighted by atomic mass is 16.3. The molecule has 0 amide bonds. The van der Waals surface area contributed by atoms with Gasteiger partial charge in [0.1, 0.15) is 12.1 Å². The van der Waals surface area contributed by atoms with E-state index in [9.17, 15) is 5.11 Å². The van der Waals surface area contributed by atoms with Gasteiger partial charge in [-0.2, -0.15) is 0 Å². The van der Waals surface area contributed by atoms with E-state index in [2.05, 4.69) is 14.9 Å². The minimum absolute atomic E-state index is 0.601. The van der Waals surface area contributed by atoms with Gasteiger partial charge in [-0.25, -0.2) is 9.97 Å². The second kappa shape index (κ2) is 3.81. The third-order valence-corrected chi connectivity index (χ3v) is 3.39. The number of nitrogens with two attached hydrogens (primary N) is 1. The highest BCUT2D eigenvalue weighted by Gasteiger charge is 2.32. The molecule has 1 aliphatic heterocycles. The van der Waals surface area contributed by atoms with Crippen molar-refractivity contribution in [1.82, 2.24) is 9.97 Å². The van der Waals surface area contributed by atoms with Gasteiger partial charge in [-0.1, -0.05) is 0 Å². The lowest BCUT2D eigenvalue weighted by Gasteiger charge is -2.20. The fourth-order valence-electron chi connectivity index (χ4n) is 2.44. The summed E-state index contributed by atoms with van der Waals surface area (Å²) in [6.45, 7) is 3.27. The molecule has 18 heavy (non-hydrogen) atoms. The van der Waals surface area contributed by atoms with Gasteiger partial charge in [0.2, 0.25) is 0 Å². The monoisotopic (exact) mass is 244 g/mol. The van der Waals surface area contributed by atoms with Crippen LogP contribution in [0.5, 0.6) is 0 Å². The quantitative estimate of drug-likeness (QED) is 0.737. The van der Waals surface area contributed by atoms with Crippen LogP contribution in [0.2, 0.25) is 0 Å². The van der Waals surface area contributed by atoms with Crippen LogP contribution in [-0.4, -0.2) is 33.8 Å². The maximum atomic E-state index is 10.0. The molecule has 1 aromatic heterocycles. The average Bonchev–Trinajstić information content (AvgIpc) is 2.68. The molecule has 2 heterocycles. The standard InChI is InChI=1S/C13H16N4O/c1-13(18)4-5-17(7-13)12-10-3-2-9(14)6-11(10)15-8-16-12/h2-3,6,8,18H,4-5,7,14H2,1H3. The van der Waals surface area contributed by atoms with Crippen LogP contribution in [0.1, 0.15) is 13.3 Å². The topological polar surface area (TPSA) is 75.3 Å². The van der Waals surface area contributed by atoms with Crippen LogP contribution in [0.4, 0.5) is 11.5 Å². The number of rotatable bonds is 1. The van der Waals surface area contributed by atoms with Gasteiger partial charge in [0.05, 0.1) is 11.1 Å². The van der Waals surface area contributed by atoms with E-state index in [-0.39, 0.29) is 0 Å². The maximum absolute atomic E-state index is 10.0. The summed E-state index contributed by atoms with van der Waals surface area (Å²) in [5.74, 6) is 0.873. The first-order chi connectivity index (χ1) is 8.55. The van der Waals surface area contributed by atoms with E-state index in [1.165, 1.54) is 0 Å². The fraction of sp³-hybridized carbons (Fsp3) is 0.385. The Morgan fingerprint density at radius 1 is 1.39 bits per heavy atom. The Bertz CT molecular complexity index is 597. The number of fused-ring (bicyclic) bond motifs is 1. The summed E-state index contributed by atoms with van der Waals surface area (Å²) < 4.78 is 0. The second-order valence-corrected chi connectivity index (χ2v) is 5.14. The predicted molar refractivity (Wildman–Crippen MR) is 71.4 cm³/mol. The molecule has 3 rings (SSSR count). The van der Waals surface area contributed by atoms with Crippen molar-refractivity contribution < 1.29 is 5.11 Å². The number of nitrogen functional groups attached to an aromatic ring is 1. The smallest absolute Gasteiger partial charge is 0.139 e. The van der Waals surface area contributed by atoms with E-state index < -0.39 is 5.60 Å². The van der Waals surface area contributed by atoms with Gasteiger partial charge in [0.25, 0.3) is 0 Å². The van der Waals surface area contributed by atoms with Crippen molar-refractivity contribution in [2.75, 3.05) is 23.7 Å². The zero-order chi connectivity index (χ0) is 12.8. The number of anilines is 2. The Morgan fingerprint density at radius 2 is 2.22 bits per heavy atom. The molecule has 1 aromatic carbocycles. The van der Waals surface area contributed by atoms with Crippen molar-refractivity contribution in [3.05, 3.63) is 24.5 Å². The highest BCUT2D eigenvalue weighted by molar-refractivity contribution is 5.91. The molecule has 1 saturated heterocycles. The zero-order valence-electron chi connectivity index (χ0n) is 10.3. The molecule has 0 radical (unpaired) electrons. The molecule has 2 aromatic rings. The van der Waals surface area contributed by atoms with Crippen LogP contribution >= 0.6 is 0 Å². The molecule has 0 saturated carbocycles. The Hall–Kier alpha value is -1.88. The third kappa shape index (κ3) is 1.86. The minimum atomic E-state index is -0.634. The van der Waals surface area contributed by atoms with E-state index in [4.69, 9.17) is 5.73 Å². The fourth-order valence-corrected chi connectivity index (χ4v) is 2.44. The van der Waals surface area contributed by atoms with Gasteiger partial charge in [-0.05, 0) is 31.5 Å². The van der Waals surface area contributed by atoms with Gasteiger partial charge in [-0.15, -0.1) is 0 Å². The third-order valence-electron chi connectivity index (χ3n) is 3.39. The molecule has 5 heteroatoms. The minimum Gasteiger partial charge on any atom is -0.399 e. The van der Waals surface area contributed by atoms with Gasteiger partial charge in [-0.3, -0.25) is 0 Å². The lowest BCUT2D eigenvalue weighted by atomic mass is 10.1. The lowest BCUT2D eigenvalue weighted by molar-refractivity contribution is 0.0839. The summed E-state index contributed by atoms with van der Waals surface area (Å²) in [6, 6.07) is 5.63. The number of hydrogen-bond acceptors (Lipinski definition) is 5. The van der Waals surface area contributed by atoms with Crippen molar-refractivity contribution in [3.63, 3.8) is 0 Å². The summed E-state index contributed by atoms with van der Waals surface area (Å²) >= 11 is 0.